The Balaban J connectivity index is 1.65. The molecule has 1 saturated heterocycles. The van der Waals surface area contributed by atoms with Gasteiger partial charge >= 0.3 is 0 Å². The van der Waals surface area contributed by atoms with Crippen molar-refractivity contribution in [3.8, 4) is 0 Å². The lowest BCUT2D eigenvalue weighted by Gasteiger charge is -2.41. The number of amides is 1. The van der Waals surface area contributed by atoms with E-state index in [-0.39, 0.29) is 17.4 Å². The Morgan fingerprint density at radius 1 is 1.04 bits per heavy atom. The van der Waals surface area contributed by atoms with Crippen LogP contribution in [0, 0.1) is 5.92 Å². The highest BCUT2D eigenvalue weighted by Crippen LogP contribution is 2.28. The molecule has 0 radical (unpaired) electrons. The Morgan fingerprint density at radius 3 is 2.18 bits per heavy atom. The molecule has 4 nitrogen and oxygen atoms in total. The van der Waals surface area contributed by atoms with Crippen LogP contribution in [0.25, 0.3) is 0 Å². The van der Waals surface area contributed by atoms with Crippen LogP contribution in [0.2, 0.25) is 0 Å². The first kappa shape index (κ1) is 20.1. The van der Waals surface area contributed by atoms with E-state index < -0.39 is 0 Å². The number of nitrogens with zero attached hydrogens (tertiary/aromatic N) is 2. The summed E-state index contributed by atoms with van der Waals surface area (Å²) in [5, 5.41) is 0. The Kier molecular flexibility index (Phi) is 6.18. The molecule has 28 heavy (non-hydrogen) atoms. The van der Waals surface area contributed by atoms with Crippen molar-refractivity contribution >= 4 is 17.9 Å². The molecule has 1 amide bonds. The van der Waals surface area contributed by atoms with Gasteiger partial charge in [-0.05, 0) is 63.4 Å². The summed E-state index contributed by atoms with van der Waals surface area (Å²) in [6.07, 6.45) is 2.58. The molecular formula is C24H30N2O2. The van der Waals surface area contributed by atoms with E-state index in [2.05, 4.69) is 37.8 Å². The van der Waals surface area contributed by atoms with Crippen LogP contribution in [-0.2, 0) is 11.3 Å². The standard InChI is InChI=1S/C24H30N2O2/c1-24(2,3)26(17-19-7-5-4-6-8-19)23(28)21-13-15-25(16-14-21)22-11-9-20(18-27)10-12-22/h4-12,18,21H,13-17H2,1-3H3. The zero-order valence-corrected chi connectivity index (χ0v) is 17.1. The van der Waals surface area contributed by atoms with E-state index in [0.29, 0.717) is 12.1 Å². The van der Waals surface area contributed by atoms with Crippen molar-refractivity contribution in [3.63, 3.8) is 0 Å². The highest BCUT2D eigenvalue weighted by Gasteiger charge is 2.33. The van der Waals surface area contributed by atoms with Crippen LogP contribution in [0.4, 0.5) is 5.69 Å². The Morgan fingerprint density at radius 2 is 1.64 bits per heavy atom. The maximum Gasteiger partial charge on any atom is 0.226 e. The monoisotopic (exact) mass is 378 g/mol. The fourth-order valence-corrected chi connectivity index (χ4v) is 3.78. The van der Waals surface area contributed by atoms with Crippen molar-refractivity contribution in [2.24, 2.45) is 5.92 Å². The van der Waals surface area contributed by atoms with Crippen LogP contribution in [0.15, 0.2) is 54.6 Å². The lowest BCUT2D eigenvalue weighted by Crippen LogP contribution is -2.49. The highest BCUT2D eigenvalue weighted by atomic mass is 16.2. The zero-order chi connectivity index (χ0) is 20.1. The van der Waals surface area contributed by atoms with E-state index in [4.69, 9.17) is 0 Å². The molecule has 0 N–H and O–H groups in total. The molecule has 3 rings (SSSR count). The maximum atomic E-state index is 13.3. The van der Waals surface area contributed by atoms with Gasteiger partial charge in [-0.3, -0.25) is 9.59 Å². The van der Waals surface area contributed by atoms with Gasteiger partial charge in [0.2, 0.25) is 5.91 Å². The van der Waals surface area contributed by atoms with Crippen LogP contribution in [-0.4, -0.2) is 35.7 Å². The molecule has 1 aliphatic rings. The number of piperidine rings is 1. The van der Waals surface area contributed by atoms with Gasteiger partial charge in [0, 0.05) is 42.3 Å². The third-order valence-electron chi connectivity index (χ3n) is 5.50. The number of anilines is 1. The largest absolute Gasteiger partial charge is 0.371 e. The zero-order valence-electron chi connectivity index (χ0n) is 17.1. The topological polar surface area (TPSA) is 40.6 Å². The van der Waals surface area contributed by atoms with Crippen molar-refractivity contribution in [2.75, 3.05) is 18.0 Å². The van der Waals surface area contributed by atoms with Gasteiger partial charge < -0.3 is 9.80 Å². The highest BCUT2D eigenvalue weighted by molar-refractivity contribution is 5.80. The molecule has 2 aromatic carbocycles. The second-order valence-corrected chi connectivity index (χ2v) is 8.55. The number of benzene rings is 2. The minimum atomic E-state index is -0.214. The molecule has 0 atom stereocenters. The summed E-state index contributed by atoms with van der Waals surface area (Å²) in [4.78, 5) is 28.5. The molecule has 0 bridgehead atoms. The van der Waals surface area contributed by atoms with E-state index >= 15 is 0 Å². The van der Waals surface area contributed by atoms with E-state index in [1.165, 1.54) is 5.56 Å². The molecule has 4 heteroatoms. The second-order valence-electron chi connectivity index (χ2n) is 8.55. The van der Waals surface area contributed by atoms with E-state index in [0.717, 1.165) is 37.9 Å². The molecule has 1 heterocycles. The minimum Gasteiger partial charge on any atom is -0.371 e. The number of carbonyl (C=O) groups excluding carboxylic acids is 2. The molecule has 0 aromatic heterocycles. The summed E-state index contributed by atoms with van der Waals surface area (Å²) in [5.74, 6) is 0.320. The number of rotatable bonds is 5. The van der Waals surface area contributed by atoms with Gasteiger partial charge in [0.25, 0.3) is 0 Å². The van der Waals surface area contributed by atoms with Gasteiger partial charge in [0.1, 0.15) is 6.29 Å². The lowest BCUT2D eigenvalue weighted by atomic mass is 9.92. The third kappa shape index (κ3) is 4.80. The first-order chi connectivity index (χ1) is 13.4. The summed E-state index contributed by atoms with van der Waals surface area (Å²) in [5.41, 5.74) is 2.76. The van der Waals surface area contributed by atoms with Crippen LogP contribution in [0.1, 0.15) is 49.5 Å². The Hall–Kier alpha value is -2.62. The first-order valence-corrected chi connectivity index (χ1v) is 10.0. The molecule has 1 aliphatic heterocycles. The molecule has 2 aromatic rings. The van der Waals surface area contributed by atoms with Crippen molar-refractivity contribution in [1.29, 1.82) is 0 Å². The van der Waals surface area contributed by atoms with E-state index in [1.807, 2.05) is 47.4 Å². The summed E-state index contributed by atoms with van der Waals surface area (Å²) >= 11 is 0. The van der Waals surface area contributed by atoms with Crippen LogP contribution >= 0.6 is 0 Å². The van der Waals surface area contributed by atoms with E-state index in [1.54, 1.807) is 0 Å². The van der Waals surface area contributed by atoms with Gasteiger partial charge in [0.05, 0.1) is 0 Å². The van der Waals surface area contributed by atoms with Gasteiger partial charge in [-0.2, -0.15) is 0 Å². The number of carbonyl (C=O) groups is 2. The maximum absolute atomic E-state index is 13.3. The molecule has 0 unspecified atom stereocenters. The second kappa shape index (κ2) is 8.59. The smallest absolute Gasteiger partial charge is 0.226 e. The normalized spacial score (nSPS) is 15.3. The lowest BCUT2D eigenvalue weighted by molar-refractivity contribution is -0.142. The first-order valence-electron chi connectivity index (χ1n) is 10.0. The molecule has 1 fully saturated rings. The van der Waals surface area contributed by atoms with Crippen molar-refractivity contribution < 1.29 is 9.59 Å². The summed E-state index contributed by atoms with van der Waals surface area (Å²) in [6.45, 7) is 8.70. The summed E-state index contributed by atoms with van der Waals surface area (Å²) in [6, 6.07) is 17.9. The molecule has 0 saturated carbocycles. The summed E-state index contributed by atoms with van der Waals surface area (Å²) in [7, 11) is 0. The molecule has 148 valence electrons. The van der Waals surface area contributed by atoms with E-state index in [9.17, 15) is 9.59 Å². The quantitative estimate of drug-likeness (QED) is 0.717. The third-order valence-corrected chi connectivity index (χ3v) is 5.50. The van der Waals surface area contributed by atoms with Gasteiger partial charge in [-0.25, -0.2) is 0 Å². The van der Waals surface area contributed by atoms with Gasteiger partial charge in [0.15, 0.2) is 0 Å². The molecule has 0 aliphatic carbocycles. The van der Waals surface area contributed by atoms with Crippen LogP contribution in [0.3, 0.4) is 0 Å². The number of hydrogen-bond acceptors (Lipinski definition) is 3. The van der Waals surface area contributed by atoms with Crippen molar-refractivity contribution in [2.45, 2.75) is 45.7 Å². The van der Waals surface area contributed by atoms with Crippen molar-refractivity contribution in [3.05, 3.63) is 65.7 Å². The summed E-state index contributed by atoms with van der Waals surface area (Å²) < 4.78 is 0. The number of aldehydes is 1. The Bertz CT molecular complexity index is 786. The van der Waals surface area contributed by atoms with Crippen LogP contribution < -0.4 is 4.90 Å². The van der Waals surface area contributed by atoms with Gasteiger partial charge in [-0.1, -0.05) is 30.3 Å². The average Bonchev–Trinajstić information content (AvgIpc) is 2.72. The predicted octanol–water partition coefficient (Wildman–Crippen LogP) is 4.54. The molecular weight excluding hydrogens is 348 g/mol. The van der Waals surface area contributed by atoms with Crippen molar-refractivity contribution in [1.82, 2.24) is 4.90 Å². The predicted molar refractivity (Wildman–Crippen MR) is 114 cm³/mol. The fourth-order valence-electron chi connectivity index (χ4n) is 3.78. The number of hydrogen-bond donors (Lipinski definition) is 0. The van der Waals surface area contributed by atoms with Crippen LogP contribution in [0.5, 0.6) is 0 Å². The Labute approximate surface area is 168 Å². The average molecular weight is 379 g/mol. The minimum absolute atomic E-state index is 0.0634. The SMILES string of the molecule is CC(C)(C)N(Cc1ccccc1)C(=O)C1CCN(c2ccc(C=O)cc2)CC1. The van der Waals surface area contributed by atoms with Gasteiger partial charge in [-0.15, -0.1) is 0 Å². The fraction of sp³-hybridized carbons (Fsp3) is 0.417. The molecule has 0 spiro atoms.